The van der Waals surface area contributed by atoms with E-state index < -0.39 is 12.3 Å². The molecule has 1 aromatic rings. The molecular formula is C16H22O7. The Hall–Kier alpha value is -2.44. The second-order valence-corrected chi connectivity index (χ2v) is 4.74. The smallest absolute Gasteiger partial charge is 0.508 e. The molecule has 0 aliphatic heterocycles. The highest BCUT2D eigenvalue weighted by atomic mass is 16.7. The first kappa shape index (κ1) is 18.6. The third kappa shape index (κ3) is 7.39. The van der Waals surface area contributed by atoms with Gasteiger partial charge in [-0.1, -0.05) is 26.7 Å². The minimum atomic E-state index is -0.937. The molecule has 0 aliphatic carbocycles. The zero-order valence-corrected chi connectivity index (χ0v) is 13.4. The summed E-state index contributed by atoms with van der Waals surface area (Å²) in [5.41, 5.74) is 0. The Labute approximate surface area is 135 Å². The highest BCUT2D eigenvalue weighted by molar-refractivity contribution is 5.69. The molecule has 0 saturated carbocycles. The minimum absolute atomic E-state index is 0.0447. The van der Waals surface area contributed by atoms with Crippen molar-refractivity contribution in [3.63, 3.8) is 0 Å². The molecule has 0 amide bonds. The summed E-state index contributed by atoms with van der Waals surface area (Å²) in [6.07, 6.45) is 1.34. The van der Waals surface area contributed by atoms with Crippen molar-refractivity contribution in [2.75, 3.05) is 13.2 Å². The molecule has 23 heavy (non-hydrogen) atoms. The first-order valence-corrected chi connectivity index (χ1v) is 7.59. The molecular weight excluding hydrogens is 304 g/mol. The van der Waals surface area contributed by atoms with E-state index in [-0.39, 0.29) is 30.5 Å². The van der Waals surface area contributed by atoms with E-state index in [0.717, 1.165) is 25.3 Å². The molecule has 0 bridgehead atoms. The van der Waals surface area contributed by atoms with Crippen LogP contribution >= 0.6 is 0 Å². The van der Waals surface area contributed by atoms with Crippen LogP contribution in [0.1, 0.15) is 39.5 Å². The molecule has 0 aromatic heterocycles. The minimum Gasteiger partial charge on any atom is -0.508 e. The van der Waals surface area contributed by atoms with Crippen molar-refractivity contribution in [3.8, 4) is 17.2 Å². The van der Waals surface area contributed by atoms with E-state index >= 15 is 0 Å². The molecule has 0 saturated heterocycles. The summed E-state index contributed by atoms with van der Waals surface area (Å²) in [6.45, 7) is 4.39. The fraction of sp³-hybridized carbons (Fsp3) is 0.500. The largest absolute Gasteiger partial charge is 0.513 e. The number of hydrogen-bond acceptors (Lipinski definition) is 7. The number of hydrogen-bond donors (Lipinski definition) is 1. The number of carbonyl (C=O) groups excluding carboxylic acids is 2. The molecule has 1 rings (SSSR count). The topological polar surface area (TPSA) is 91.3 Å². The zero-order valence-electron chi connectivity index (χ0n) is 13.4. The SMILES string of the molecule is CCCCOC(=O)Oc1ccc(O)cc1OC(=O)OCCCC. The summed E-state index contributed by atoms with van der Waals surface area (Å²) >= 11 is 0. The van der Waals surface area contributed by atoms with Crippen LogP contribution in [0.5, 0.6) is 17.2 Å². The zero-order chi connectivity index (χ0) is 17.1. The second kappa shape index (κ2) is 10.3. The summed E-state index contributed by atoms with van der Waals surface area (Å²) in [7, 11) is 0. The molecule has 7 nitrogen and oxygen atoms in total. The van der Waals surface area contributed by atoms with Crippen molar-refractivity contribution in [1.29, 1.82) is 0 Å². The van der Waals surface area contributed by atoms with Crippen LogP contribution in [0.3, 0.4) is 0 Å². The van der Waals surface area contributed by atoms with E-state index in [0.29, 0.717) is 6.42 Å². The van der Waals surface area contributed by atoms with Gasteiger partial charge in [0.1, 0.15) is 5.75 Å². The maximum Gasteiger partial charge on any atom is 0.513 e. The first-order chi connectivity index (χ1) is 11.1. The molecule has 0 heterocycles. The van der Waals surface area contributed by atoms with Crippen molar-refractivity contribution in [3.05, 3.63) is 18.2 Å². The fourth-order valence-electron chi connectivity index (χ4n) is 1.50. The van der Waals surface area contributed by atoms with E-state index in [1.165, 1.54) is 12.1 Å². The fourth-order valence-corrected chi connectivity index (χ4v) is 1.50. The second-order valence-electron chi connectivity index (χ2n) is 4.74. The van der Waals surface area contributed by atoms with Gasteiger partial charge in [0, 0.05) is 6.07 Å². The molecule has 0 unspecified atom stereocenters. The summed E-state index contributed by atoms with van der Waals surface area (Å²) in [5, 5.41) is 9.47. The molecule has 1 aromatic carbocycles. The number of aromatic hydroxyl groups is 1. The lowest BCUT2D eigenvalue weighted by molar-refractivity contribution is 0.0880. The van der Waals surface area contributed by atoms with Gasteiger partial charge in [-0.15, -0.1) is 0 Å². The Morgan fingerprint density at radius 2 is 1.43 bits per heavy atom. The molecule has 0 aliphatic rings. The highest BCUT2D eigenvalue weighted by Gasteiger charge is 2.16. The van der Waals surface area contributed by atoms with Gasteiger partial charge in [0.15, 0.2) is 11.5 Å². The average molecular weight is 326 g/mol. The van der Waals surface area contributed by atoms with E-state index in [1.807, 2.05) is 13.8 Å². The van der Waals surface area contributed by atoms with Crippen LogP contribution in [0, 0.1) is 0 Å². The van der Waals surface area contributed by atoms with Crippen molar-refractivity contribution in [2.45, 2.75) is 39.5 Å². The normalized spacial score (nSPS) is 10.0. The third-order valence-electron chi connectivity index (χ3n) is 2.75. The first-order valence-electron chi connectivity index (χ1n) is 7.59. The van der Waals surface area contributed by atoms with Gasteiger partial charge in [-0.3, -0.25) is 0 Å². The molecule has 0 atom stereocenters. The van der Waals surface area contributed by atoms with Gasteiger partial charge in [0.25, 0.3) is 0 Å². The third-order valence-corrected chi connectivity index (χ3v) is 2.75. The summed E-state index contributed by atoms with van der Waals surface area (Å²) in [6, 6.07) is 3.74. The Morgan fingerprint density at radius 1 is 0.913 bits per heavy atom. The van der Waals surface area contributed by atoms with E-state index in [4.69, 9.17) is 18.9 Å². The Kier molecular flexibility index (Phi) is 8.34. The lowest BCUT2D eigenvalue weighted by Gasteiger charge is -2.11. The maximum atomic E-state index is 11.5. The van der Waals surface area contributed by atoms with Crippen molar-refractivity contribution in [1.82, 2.24) is 0 Å². The average Bonchev–Trinajstić information content (AvgIpc) is 2.50. The number of benzene rings is 1. The van der Waals surface area contributed by atoms with Gasteiger partial charge in [0.05, 0.1) is 13.2 Å². The summed E-state index contributed by atoms with van der Waals surface area (Å²) in [5.74, 6) is -0.316. The van der Waals surface area contributed by atoms with Crippen molar-refractivity contribution < 1.29 is 33.6 Å². The van der Waals surface area contributed by atoms with Crippen LogP contribution < -0.4 is 9.47 Å². The molecule has 0 spiro atoms. The van der Waals surface area contributed by atoms with Crippen LogP contribution in [0.4, 0.5) is 9.59 Å². The maximum absolute atomic E-state index is 11.5. The predicted molar refractivity (Wildman–Crippen MR) is 81.9 cm³/mol. The van der Waals surface area contributed by atoms with Gasteiger partial charge >= 0.3 is 12.3 Å². The number of phenols is 1. The number of carbonyl (C=O) groups is 2. The lowest BCUT2D eigenvalue weighted by atomic mass is 10.3. The Morgan fingerprint density at radius 3 is 1.96 bits per heavy atom. The molecule has 0 radical (unpaired) electrons. The van der Waals surface area contributed by atoms with Crippen LogP contribution in [0.2, 0.25) is 0 Å². The molecule has 128 valence electrons. The monoisotopic (exact) mass is 326 g/mol. The van der Waals surface area contributed by atoms with Gasteiger partial charge in [-0.05, 0) is 25.0 Å². The molecule has 7 heteroatoms. The number of rotatable bonds is 8. The Bertz CT molecular complexity index is 513. The van der Waals surface area contributed by atoms with E-state index in [9.17, 15) is 14.7 Å². The van der Waals surface area contributed by atoms with Gasteiger partial charge < -0.3 is 24.1 Å². The van der Waals surface area contributed by atoms with Gasteiger partial charge in [0.2, 0.25) is 0 Å². The highest BCUT2D eigenvalue weighted by Crippen LogP contribution is 2.31. The van der Waals surface area contributed by atoms with Crippen LogP contribution in [0.15, 0.2) is 18.2 Å². The van der Waals surface area contributed by atoms with Crippen LogP contribution in [0.25, 0.3) is 0 Å². The predicted octanol–water partition coefficient (Wildman–Crippen LogP) is 4.02. The standard InChI is InChI=1S/C16H22O7/c1-3-5-9-20-15(18)22-13-8-7-12(17)11-14(13)23-16(19)21-10-6-4-2/h7-8,11,17H,3-6,9-10H2,1-2H3. The van der Waals surface area contributed by atoms with Gasteiger partial charge in [-0.25, -0.2) is 9.59 Å². The number of phenolic OH excluding ortho intramolecular Hbond substituents is 1. The van der Waals surface area contributed by atoms with Crippen molar-refractivity contribution >= 4 is 12.3 Å². The summed E-state index contributed by atoms with van der Waals surface area (Å²) < 4.78 is 19.6. The van der Waals surface area contributed by atoms with Gasteiger partial charge in [-0.2, -0.15) is 0 Å². The lowest BCUT2D eigenvalue weighted by Crippen LogP contribution is -2.15. The van der Waals surface area contributed by atoms with E-state index in [1.54, 1.807) is 0 Å². The quantitative estimate of drug-likeness (QED) is 0.438. The Balaban J connectivity index is 2.65. The molecule has 1 N–H and O–H groups in total. The molecule has 0 fully saturated rings. The summed E-state index contributed by atoms with van der Waals surface area (Å²) in [4.78, 5) is 23.1. The van der Waals surface area contributed by atoms with Crippen molar-refractivity contribution in [2.24, 2.45) is 0 Å². The van der Waals surface area contributed by atoms with Crippen LogP contribution in [-0.4, -0.2) is 30.6 Å². The number of unbranched alkanes of at least 4 members (excludes halogenated alkanes) is 2. The van der Waals surface area contributed by atoms with E-state index in [2.05, 4.69) is 0 Å². The number of ether oxygens (including phenoxy) is 4. The van der Waals surface area contributed by atoms with Crippen LogP contribution in [-0.2, 0) is 9.47 Å².